The summed E-state index contributed by atoms with van der Waals surface area (Å²) in [5.74, 6) is -0.256. The highest BCUT2D eigenvalue weighted by Gasteiger charge is 2.41. The average molecular weight is 326 g/mol. The lowest BCUT2D eigenvalue weighted by atomic mass is 9.90. The molecule has 1 aliphatic heterocycles. The molecule has 0 aromatic heterocycles. The molecule has 1 atom stereocenters. The van der Waals surface area contributed by atoms with Gasteiger partial charge in [0.1, 0.15) is 5.75 Å². The average Bonchev–Trinajstić information content (AvgIpc) is 2.89. The van der Waals surface area contributed by atoms with E-state index in [0.29, 0.717) is 43.2 Å². The van der Waals surface area contributed by atoms with Gasteiger partial charge in [-0.25, -0.2) is 0 Å². The Kier molecular flexibility index (Phi) is 5.29. The lowest BCUT2D eigenvalue weighted by Gasteiger charge is -2.20. The third kappa shape index (κ3) is 3.91. The monoisotopic (exact) mass is 325 g/mol. The number of hydrogen-bond acceptors (Lipinski definition) is 3. The summed E-state index contributed by atoms with van der Waals surface area (Å²) in [6, 6.07) is 7.19. The van der Waals surface area contributed by atoms with Gasteiger partial charge in [0.15, 0.2) is 0 Å². The number of rotatable bonds is 6. The van der Waals surface area contributed by atoms with Gasteiger partial charge in [-0.3, -0.25) is 9.59 Å². The number of carbonyl (C=O) groups excluding carboxylic acids is 1. The molecule has 1 heterocycles. The van der Waals surface area contributed by atoms with E-state index in [-0.39, 0.29) is 12.5 Å². The molecular formula is C16H20ClNO4. The van der Waals surface area contributed by atoms with Crippen LogP contribution in [0.1, 0.15) is 26.2 Å². The zero-order valence-corrected chi connectivity index (χ0v) is 13.3. The van der Waals surface area contributed by atoms with Crippen molar-refractivity contribution in [3.05, 3.63) is 29.3 Å². The molecule has 5 nitrogen and oxygen atoms in total. The molecule has 1 amide bonds. The number of aliphatic carboxylic acids is 1. The summed E-state index contributed by atoms with van der Waals surface area (Å²) >= 11 is 5.97. The van der Waals surface area contributed by atoms with Crippen LogP contribution in [0.4, 0.5) is 0 Å². The minimum Gasteiger partial charge on any atom is -0.492 e. The molecule has 0 bridgehead atoms. The molecule has 1 fully saturated rings. The van der Waals surface area contributed by atoms with Crippen LogP contribution in [0.3, 0.4) is 0 Å². The van der Waals surface area contributed by atoms with Crippen molar-refractivity contribution < 1.29 is 19.4 Å². The van der Waals surface area contributed by atoms with Gasteiger partial charge in [-0.05, 0) is 31.9 Å². The van der Waals surface area contributed by atoms with E-state index in [1.54, 1.807) is 24.0 Å². The van der Waals surface area contributed by atoms with Crippen LogP contribution < -0.4 is 4.74 Å². The van der Waals surface area contributed by atoms with Gasteiger partial charge in [0.05, 0.1) is 17.0 Å². The highest BCUT2D eigenvalue weighted by Crippen LogP contribution is 2.30. The van der Waals surface area contributed by atoms with Crippen molar-refractivity contribution in [1.29, 1.82) is 0 Å². The first kappa shape index (κ1) is 16.6. The van der Waals surface area contributed by atoms with E-state index in [2.05, 4.69) is 0 Å². The predicted octanol–water partition coefficient (Wildman–Crippen LogP) is 2.82. The van der Waals surface area contributed by atoms with Crippen LogP contribution in [0.15, 0.2) is 24.3 Å². The summed E-state index contributed by atoms with van der Waals surface area (Å²) in [7, 11) is 0. The van der Waals surface area contributed by atoms with Crippen LogP contribution >= 0.6 is 11.6 Å². The molecule has 1 aliphatic rings. The second-order valence-electron chi connectivity index (χ2n) is 5.81. The molecule has 1 saturated heterocycles. The molecule has 1 N–H and O–H groups in total. The fourth-order valence-electron chi connectivity index (χ4n) is 2.47. The number of likely N-dealkylation sites (tertiary alicyclic amines) is 1. The Morgan fingerprint density at radius 3 is 2.77 bits per heavy atom. The van der Waals surface area contributed by atoms with Crippen molar-refractivity contribution in [3.63, 3.8) is 0 Å². The molecule has 1 aromatic rings. The largest absolute Gasteiger partial charge is 0.492 e. The van der Waals surface area contributed by atoms with Crippen molar-refractivity contribution in [1.82, 2.24) is 4.90 Å². The molecule has 0 unspecified atom stereocenters. The maximum absolute atomic E-state index is 12.1. The van der Waals surface area contributed by atoms with Gasteiger partial charge in [-0.1, -0.05) is 23.7 Å². The van der Waals surface area contributed by atoms with E-state index in [0.717, 1.165) is 0 Å². The minimum absolute atomic E-state index is 0.0206. The fraction of sp³-hybridized carbons (Fsp3) is 0.500. The summed E-state index contributed by atoms with van der Waals surface area (Å²) in [5.41, 5.74) is -0.816. The Labute approximate surface area is 134 Å². The first-order chi connectivity index (χ1) is 10.4. The van der Waals surface area contributed by atoms with E-state index >= 15 is 0 Å². The fourth-order valence-corrected chi connectivity index (χ4v) is 2.66. The van der Waals surface area contributed by atoms with Gasteiger partial charge in [0.25, 0.3) is 0 Å². The summed E-state index contributed by atoms with van der Waals surface area (Å²) in [4.78, 5) is 24.9. The molecular weight excluding hydrogens is 306 g/mol. The van der Waals surface area contributed by atoms with E-state index < -0.39 is 11.4 Å². The standard InChI is InChI=1S/C16H20ClNO4/c1-16(15(20)21)8-9-18(11-16)14(19)7-4-10-22-13-6-3-2-5-12(13)17/h2-3,5-6H,4,7-11H2,1H3,(H,20,21)/t16-/m1/s1. The third-order valence-corrected chi connectivity index (χ3v) is 4.28. The Morgan fingerprint density at radius 1 is 1.41 bits per heavy atom. The second kappa shape index (κ2) is 7.01. The maximum Gasteiger partial charge on any atom is 0.311 e. The molecule has 0 saturated carbocycles. The molecule has 1 aromatic carbocycles. The van der Waals surface area contributed by atoms with Crippen LogP contribution in [0.5, 0.6) is 5.75 Å². The summed E-state index contributed by atoms with van der Waals surface area (Å²) in [5, 5.41) is 9.71. The van der Waals surface area contributed by atoms with Crippen molar-refractivity contribution in [2.45, 2.75) is 26.2 Å². The normalized spacial score (nSPS) is 20.9. The van der Waals surface area contributed by atoms with E-state index in [9.17, 15) is 9.59 Å². The first-order valence-electron chi connectivity index (χ1n) is 7.31. The summed E-state index contributed by atoms with van der Waals surface area (Å²) in [6.45, 7) is 2.88. The van der Waals surface area contributed by atoms with Crippen LogP contribution in [0.2, 0.25) is 5.02 Å². The maximum atomic E-state index is 12.1. The quantitative estimate of drug-likeness (QED) is 0.817. The number of hydrogen-bond donors (Lipinski definition) is 1. The molecule has 120 valence electrons. The van der Waals surface area contributed by atoms with Crippen LogP contribution in [0, 0.1) is 5.41 Å². The zero-order chi connectivity index (χ0) is 16.2. The smallest absolute Gasteiger partial charge is 0.311 e. The van der Waals surface area contributed by atoms with Gasteiger partial charge < -0.3 is 14.7 Å². The number of ether oxygens (including phenoxy) is 1. The van der Waals surface area contributed by atoms with E-state index in [1.165, 1.54) is 0 Å². The molecule has 0 radical (unpaired) electrons. The van der Waals surface area contributed by atoms with Gasteiger partial charge in [0.2, 0.25) is 5.91 Å². The van der Waals surface area contributed by atoms with Crippen molar-refractivity contribution in [3.8, 4) is 5.75 Å². The van der Waals surface area contributed by atoms with Crippen LogP contribution in [-0.4, -0.2) is 41.6 Å². The van der Waals surface area contributed by atoms with E-state index in [4.69, 9.17) is 21.4 Å². The van der Waals surface area contributed by atoms with Crippen LogP contribution in [0.25, 0.3) is 0 Å². The summed E-state index contributed by atoms with van der Waals surface area (Å²) in [6.07, 6.45) is 1.43. The van der Waals surface area contributed by atoms with Crippen molar-refractivity contribution in [2.75, 3.05) is 19.7 Å². The van der Waals surface area contributed by atoms with E-state index in [1.807, 2.05) is 12.1 Å². The highest BCUT2D eigenvalue weighted by molar-refractivity contribution is 6.32. The molecule has 2 rings (SSSR count). The number of halogens is 1. The molecule has 6 heteroatoms. The summed E-state index contributed by atoms with van der Waals surface area (Å²) < 4.78 is 5.53. The van der Waals surface area contributed by atoms with Gasteiger partial charge >= 0.3 is 5.97 Å². The van der Waals surface area contributed by atoms with Gasteiger partial charge in [-0.15, -0.1) is 0 Å². The lowest BCUT2D eigenvalue weighted by Crippen LogP contribution is -2.34. The Bertz CT molecular complexity index is 563. The predicted molar refractivity (Wildman–Crippen MR) is 83.1 cm³/mol. The minimum atomic E-state index is -0.843. The Balaban J connectivity index is 1.73. The molecule has 0 spiro atoms. The van der Waals surface area contributed by atoms with Gasteiger partial charge in [0, 0.05) is 19.5 Å². The topological polar surface area (TPSA) is 66.8 Å². The highest BCUT2D eigenvalue weighted by atomic mass is 35.5. The number of carboxylic acids is 1. The third-order valence-electron chi connectivity index (χ3n) is 3.97. The second-order valence-corrected chi connectivity index (χ2v) is 6.22. The number of carboxylic acid groups (broad SMARTS) is 1. The number of carbonyl (C=O) groups is 2. The lowest BCUT2D eigenvalue weighted by molar-refractivity contribution is -0.147. The Morgan fingerprint density at radius 2 is 2.14 bits per heavy atom. The number of para-hydroxylation sites is 1. The van der Waals surface area contributed by atoms with Crippen molar-refractivity contribution in [2.24, 2.45) is 5.41 Å². The first-order valence-corrected chi connectivity index (χ1v) is 7.69. The Hall–Kier alpha value is -1.75. The van der Waals surface area contributed by atoms with Crippen LogP contribution in [-0.2, 0) is 9.59 Å². The molecule has 22 heavy (non-hydrogen) atoms. The number of benzene rings is 1. The van der Waals surface area contributed by atoms with Gasteiger partial charge in [-0.2, -0.15) is 0 Å². The SMILES string of the molecule is C[C@@]1(C(=O)O)CCN(C(=O)CCCOc2ccccc2Cl)C1. The molecule has 0 aliphatic carbocycles. The number of nitrogens with zero attached hydrogens (tertiary/aromatic N) is 1. The zero-order valence-electron chi connectivity index (χ0n) is 12.5. The van der Waals surface area contributed by atoms with Crippen molar-refractivity contribution >= 4 is 23.5 Å². The number of amides is 1.